The molecule has 0 heterocycles. The lowest BCUT2D eigenvalue weighted by Crippen LogP contribution is -2.15. The Balaban J connectivity index is 2.01. The summed E-state index contributed by atoms with van der Waals surface area (Å²) in [6.45, 7) is 4.54. The highest BCUT2D eigenvalue weighted by Crippen LogP contribution is 2.12. The molecule has 0 aliphatic rings. The summed E-state index contributed by atoms with van der Waals surface area (Å²) in [5, 5.41) is 3.43. The fourth-order valence-electron chi connectivity index (χ4n) is 1.71. The minimum absolute atomic E-state index is 1.16. The van der Waals surface area contributed by atoms with Crippen molar-refractivity contribution in [2.45, 2.75) is 39.0 Å². The summed E-state index contributed by atoms with van der Waals surface area (Å²) in [4.78, 5) is 0. The average Bonchev–Trinajstić information content (AvgIpc) is 2.30. The number of unbranched alkanes of at least 4 members (excludes halogenated alkanes) is 2. The second-order valence-corrected chi connectivity index (χ2v) is 5.10. The van der Waals surface area contributed by atoms with E-state index >= 15 is 0 Å². The fraction of sp³-hybridized carbons (Fsp3) is 0.571. The summed E-state index contributed by atoms with van der Waals surface area (Å²) in [6, 6.07) is 8.66. The van der Waals surface area contributed by atoms with E-state index in [1.54, 1.807) is 0 Å². The van der Waals surface area contributed by atoms with Gasteiger partial charge in [0.15, 0.2) is 0 Å². The van der Waals surface area contributed by atoms with Crippen LogP contribution in [0.15, 0.2) is 28.7 Å². The molecule has 0 unspecified atom stereocenters. The van der Waals surface area contributed by atoms with Crippen molar-refractivity contribution in [1.82, 2.24) is 5.32 Å². The van der Waals surface area contributed by atoms with E-state index in [9.17, 15) is 0 Å². The van der Waals surface area contributed by atoms with E-state index < -0.39 is 0 Å². The highest BCUT2D eigenvalue weighted by atomic mass is 79.9. The van der Waals surface area contributed by atoms with Crippen LogP contribution in [-0.4, -0.2) is 13.1 Å². The van der Waals surface area contributed by atoms with Gasteiger partial charge in [-0.25, -0.2) is 0 Å². The molecule has 0 fully saturated rings. The summed E-state index contributed by atoms with van der Waals surface area (Å²) in [5.74, 6) is 0. The Morgan fingerprint density at radius 3 is 2.44 bits per heavy atom. The van der Waals surface area contributed by atoms with Crippen LogP contribution in [0.5, 0.6) is 0 Å². The first-order valence-corrected chi connectivity index (χ1v) is 7.07. The molecule has 0 saturated carbocycles. The number of hydrogen-bond donors (Lipinski definition) is 1. The molecule has 1 N–H and O–H groups in total. The maximum atomic E-state index is 3.45. The third-order valence-corrected chi connectivity index (χ3v) is 3.19. The molecule has 0 bridgehead atoms. The summed E-state index contributed by atoms with van der Waals surface area (Å²) in [5.41, 5.74) is 1.45. The van der Waals surface area contributed by atoms with E-state index in [0.717, 1.165) is 6.54 Å². The van der Waals surface area contributed by atoms with Crippen molar-refractivity contribution in [3.8, 4) is 0 Å². The lowest BCUT2D eigenvalue weighted by Gasteiger charge is -2.03. The molecule has 0 spiro atoms. The van der Waals surface area contributed by atoms with Crippen LogP contribution in [0.2, 0.25) is 0 Å². The lowest BCUT2D eigenvalue weighted by molar-refractivity contribution is 0.599. The molecule has 90 valence electrons. The van der Waals surface area contributed by atoms with Crippen LogP contribution in [0.3, 0.4) is 0 Å². The van der Waals surface area contributed by atoms with Gasteiger partial charge in [0.25, 0.3) is 0 Å². The quantitative estimate of drug-likeness (QED) is 0.707. The Labute approximate surface area is 108 Å². The molecule has 1 aromatic carbocycles. The van der Waals surface area contributed by atoms with Crippen molar-refractivity contribution in [2.75, 3.05) is 13.1 Å². The predicted octanol–water partition coefficient (Wildman–Crippen LogP) is 4.16. The Bertz CT molecular complexity index is 269. The topological polar surface area (TPSA) is 12.0 Å². The molecule has 0 saturated heterocycles. The van der Waals surface area contributed by atoms with Crippen LogP contribution in [0.1, 0.15) is 38.2 Å². The number of hydrogen-bond acceptors (Lipinski definition) is 1. The molecule has 0 aliphatic heterocycles. The molecule has 0 aromatic heterocycles. The first-order chi connectivity index (χ1) is 7.83. The molecule has 1 nitrogen and oxygen atoms in total. The molecular weight excluding hydrogens is 262 g/mol. The zero-order valence-electron chi connectivity index (χ0n) is 10.1. The van der Waals surface area contributed by atoms with Crippen LogP contribution >= 0.6 is 15.9 Å². The Hall–Kier alpha value is -0.340. The second kappa shape index (κ2) is 8.77. The molecule has 2 heteroatoms. The zero-order valence-corrected chi connectivity index (χ0v) is 11.7. The SMILES string of the molecule is CCCNCCCCCc1ccc(Br)cc1. The standard InChI is InChI=1S/C14H22BrN/c1-2-11-16-12-5-3-4-6-13-7-9-14(15)10-8-13/h7-10,16H,2-6,11-12H2,1H3. The van der Waals surface area contributed by atoms with Gasteiger partial charge in [-0.3, -0.25) is 0 Å². The normalized spacial score (nSPS) is 10.6. The number of aryl methyl sites for hydroxylation is 1. The lowest BCUT2D eigenvalue weighted by atomic mass is 10.1. The number of benzene rings is 1. The highest BCUT2D eigenvalue weighted by molar-refractivity contribution is 9.10. The van der Waals surface area contributed by atoms with Crippen LogP contribution < -0.4 is 5.32 Å². The van der Waals surface area contributed by atoms with Gasteiger partial charge in [-0.2, -0.15) is 0 Å². The molecule has 0 aliphatic carbocycles. The second-order valence-electron chi connectivity index (χ2n) is 4.19. The van der Waals surface area contributed by atoms with Gasteiger partial charge in [0.05, 0.1) is 0 Å². The molecule has 1 aromatic rings. The summed E-state index contributed by atoms with van der Waals surface area (Å²) in [7, 11) is 0. The van der Waals surface area contributed by atoms with Gasteiger partial charge in [-0.05, 0) is 56.5 Å². The van der Waals surface area contributed by atoms with E-state index in [0.29, 0.717) is 0 Å². The van der Waals surface area contributed by atoms with Crippen molar-refractivity contribution < 1.29 is 0 Å². The number of rotatable bonds is 8. The van der Waals surface area contributed by atoms with E-state index in [1.165, 1.54) is 48.7 Å². The number of nitrogens with one attached hydrogen (secondary N) is 1. The highest BCUT2D eigenvalue weighted by Gasteiger charge is 1.94. The maximum absolute atomic E-state index is 3.45. The van der Waals surface area contributed by atoms with Crippen molar-refractivity contribution in [3.63, 3.8) is 0 Å². The van der Waals surface area contributed by atoms with E-state index in [4.69, 9.17) is 0 Å². The van der Waals surface area contributed by atoms with Crippen LogP contribution in [0.25, 0.3) is 0 Å². The van der Waals surface area contributed by atoms with Gasteiger partial charge < -0.3 is 5.32 Å². The molecular formula is C14H22BrN. The molecule has 0 atom stereocenters. The van der Waals surface area contributed by atoms with Crippen LogP contribution in [-0.2, 0) is 6.42 Å². The van der Waals surface area contributed by atoms with Gasteiger partial charge in [0, 0.05) is 4.47 Å². The summed E-state index contributed by atoms with van der Waals surface area (Å²) in [6.07, 6.45) is 6.37. The summed E-state index contributed by atoms with van der Waals surface area (Å²) < 4.78 is 1.17. The smallest absolute Gasteiger partial charge is 0.0175 e. The van der Waals surface area contributed by atoms with E-state index in [1.807, 2.05) is 0 Å². The Kier molecular flexibility index (Phi) is 7.52. The van der Waals surface area contributed by atoms with Gasteiger partial charge >= 0.3 is 0 Å². The third-order valence-electron chi connectivity index (χ3n) is 2.66. The van der Waals surface area contributed by atoms with Gasteiger partial charge in [0.2, 0.25) is 0 Å². The first-order valence-electron chi connectivity index (χ1n) is 6.28. The molecule has 0 amide bonds. The van der Waals surface area contributed by atoms with Crippen molar-refractivity contribution in [3.05, 3.63) is 34.3 Å². The molecule has 1 rings (SSSR count). The van der Waals surface area contributed by atoms with Gasteiger partial charge in [-0.15, -0.1) is 0 Å². The third kappa shape index (κ3) is 6.29. The first kappa shape index (κ1) is 13.7. The number of halogens is 1. The van der Waals surface area contributed by atoms with Gasteiger partial charge in [0.1, 0.15) is 0 Å². The largest absolute Gasteiger partial charge is 0.317 e. The minimum Gasteiger partial charge on any atom is -0.317 e. The predicted molar refractivity (Wildman–Crippen MR) is 74.9 cm³/mol. The van der Waals surface area contributed by atoms with Crippen LogP contribution in [0, 0.1) is 0 Å². The minimum atomic E-state index is 1.16. The fourth-order valence-corrected chi connectivity index (χ4v) is 1.97. The molecule has 0 radical (unpaired) electrons. The van der Waals surface area contributed by atoms with Crippen molar-refractivity contribution in [1.29, 1.82) is 0 Å². The van der Waals surface area contributed by atoms with Gasteiger partial charge in [-0.1, -0.05) is 41.4 Å². The van der Waals surface area contributed by atoms with E-state index in [2.05, 4.69) is 52.4 Å². The Morgan fingerprint density at radius 2 is 1.75 bits per heavy atom. The summed E-state index contributed by atoms with van der Waals surface area (Å²) >= 11 is 3.45. The monoisotopic (exact) mass is 283 g/mol. The van der Waals surface area contributed by atoms with Crippen molar-refractivity contribution in [2.24, 2.45) is 0 Å². The zero-order chi connectivity index (χ0) is 11.6. The molecule has 16 heavy (non-hydrogen) atoms. The van der Waals surface area contributed by atoms with E-state index in [-0.39, 0.29) is 0 Å². The Morgan fingerprint density at radius 1 is 1.00 bits per heavy atom. The average molecular weight is 284 g/mol. The van der Waals surface area contributed by atoms with Crippen LogP contribution in [0.4, 0.5) is 0 Å². The van der Waals surface area contributed by atoms with Crippen molar-refractivity contribution >= 4 is 15.9 Å². The maximum Gasteiger partial charge on any atom is 0.0175 e.